The molecule has 2 bridgehead atoms. The fraction of sp³-hybridized carbons (Fsp3) is 0.808. The summed E-state index contributed by atoms with van der Waals surface area (Å²) in [6.45, 7) is 23.3. The Labute approximate surface area is 179 Å². The minimum Gasteiger partial charge on any atom is -0.413 e. The van der Waals surface area contributed by atoms with Crippen molar-refractivity contribution in [1.82, 2.24) is 0 Å². The second kappa shape index (κ2) is 6.19. The number of rotatable bonds is 2. The average molecular weight is 415 g/mol. The van der Waals surface area contributed by atoms with Gasteiger partial charge < -0.3 is 4.43 Å². The van der Waals surface area contributed by atoms with Crippen LogP contribution in [0.5, 0.6) is 0 Å². The Bertz CT molecular complexity index is 796. The summed E-state index contributed by atoms with van der Waals surface area (Å²) in [7, 11) is -1.97. The maximum Gasteiger partial charge on any atom is 0.192 e. The van der Waals surface area contributed by atoms with Crippen LogP contribution in [0.25, 0.3) is 0 Å². The lowest BCUT2D eigenvalue weighted by Crippen LogP contribution is -2.50. The van der Waals surface area contributed by atoms with Gasteiger partial charge in [-0.1, -0.05) is 71.8 Å². The SMILES string of the molecule is CC1=C[C@]23C(=O)[C@@H]([C@H](O[Si](C)(C)C(C)(C)C)[C@H](C)CC2=C1)[C@@H]1[C@@H](C[C@H]3C)C1(C)C. The van der Waals surface area contributed by atoms with E-state index in [1.54, 1.807) is 0 Å². The van der Waals surface area contributed by atoms with Crippen molar-refractivity contribution < 1.29 is 9.22 Å². The van der Waals surface area contributed by atoms with Crippen LogP contribution in [0.1, 0.15) is 68.2 Å². The molecule has 4 aliphatic carbocycles. The van der Waals surface area contributed by atoms with Crippen molar-refractivity contribution >= 4 is 14.1 Å². The zero-order valence-corrected chi connectivity index (χ0v) is 21.3. The fourth-order valence-corrected chi connectivity index (χ4v) is 8.29. The van der Waals surface area contributed by atoms with Crippen molar-refractivity contribution in [1.29, 1.82) is 0 Å². The quantitative estimate of drug-likeness (QED) is 0.465. The standard InChI is InChI=1S/C26H42O2Si/c1-15-11-18-12-16(2)22(28-29(9,10)24(4,5)6)20-21-19(25(21,7)8)13-17(3)26(18,14-15)23(20)27/h11,14,16-17,19-22H,12-13H2,1-10H3/t16-,17-,19-,20-,21+,22-,26-/m1/s1. The monoisotopic (exact) mass is 414 g/mol. The van der Waals surface area contributed by atoms with Gasteiger partial charge in [0.1, 0.15) is 0 Å². The smallest absolute Gasteiger partial charge is 0.192 e. The number of hydrogen-bond acceptors (Lipinski definition) is 2. The second-order valence-electron chi connectivity index (χ2n) is 12.9. The highest BCUT2D eigenvalue weighted by Crippen LogP contribution is 2.71. The molecule has 4 aliphatic rings. The van der Waals surface area contributed by atoms with Gasteiger partial charge in [-0.15, -0.1) is 0 Å². The van der Waals surface area contributed by atoms with Crippen molar-refractivity contribution in [3.8, 4) is 0 Å². The highest BCUT2D eigenvalue weighted by molar-refractivity contribution is 6.74. The number of carbonyl (C=O) groups is 1. The van der Waals surface area contributed by atoms with Gasteiger partial charge in [-0.2, -0.15) is 0 Å². The van der Waals surface area contributed by atoms with Gasteiger partial charge in [-0.05, 0) is 67.0 Å². The van der Waals surface area contributed by atoms with E-state index in [0.29, 0.717) is 29.5 Å². The van der Waals surface area contributed by atoms with Gasteiger partial charge in [0.05, 0.1) is 11.5 Å². The van der Waals surface area contributed by atoms with Gasteiger partial charge in [0.2, 0.25) is 0 Å². The molecule has 0 radical (unpaired) electrons. The summed E-state index contributed by atoms with van der Waals surface area (Å²) >= 11 is 0. The Morgan fingerprint density at radius 1 is 1.17 bits per heavy atom. The summed E-state index contributed by atoms with van der Waals surface area (Å²) < 4.78 is 7.13. The predicted octanol–water partition coefficient (Wildman–Crippen LogP) is 6.79. The number of fused-ring (bicyclic) bond motifs is 3. The van der Waals surface area contributed by atoms with Crippen LogP contribution in [0, 0.1) is 40.4 Å². The zero-order valence-electron chi connectivity index (χ0n) is 20.3. The van der Waals surface area contributed by atoms with Gasteiger partial charge in [0, 0.05) is 5.92 Å². The van der Waals surface area contributed by atoms with Crippen LogP contribution in [-0.2, 0) is 9.22 Å². The van der Waals surface area contributed by atoms with Crippen LogP contribution in [0.2, 0.25) is 18.1 Å². The topological polar surface area (TPSA) is 26.3 Å². The van der Waals surface area contributed by atoms with Crippen LogP contribution >= 0.6 is 0 Å². The Kier molecular flexibility index (Phi) is 4.60. The van der Waals surface area contributed by atoms with Gasteiger partial charge >= 0.3 is 0 Å². The van der Waals surface area contributed by atoms with Gasteiger partial charge in [0.25, 0.3) is 0 Å². The number of carbonyl (C=O) groups excluding carboxylic acids is 1. The summed E-state index contributed by atoms with van der Waals surface area (Å²) in [6.07, 6.45) is 6.89. The third kappa shape index (κ3) is 2.86. The van der Waals surface area contributed by atoms with E-state index in [4.69, 9.17) is 4.43 Å². The molecule has 0 saturated heterocycles. The Morgan fingerprint density at radius 2 is 1.79 bits per heavy atom. The first-order valence-corrected chi connectivity index (χ1v) is 14.7. The lowest BCUT2D eigenvalue weighted by Gasteiger charge is -2.43. The predicted molar refractivity (Wildman–Crippen MR) is 123 cm³/mol. The zero-order chi connectivity index (χ0) is 21.7. The summed E-state index contributed by atoms with van der Waals surface area (Å²) in [4.78, 5) is 14.5. The van der Waals surface area contributed by atoms with Gasteiger partial charge in [-0.3, -0.25) is 4.79 Å². The largest absolute Gasteiger partial charge is 0.413 e. The molecule has 3 heteroatoms. The highest BCUT2D eigenvalue weighted by atomic mass is 28.4. The average Bonchev–Trinajstić information content (AvgIpc) is 2.96. The molecule has 29 heavy (non-hydrogen) atoms. The van der Waals surface area contributed by atoms with E-state index in [9.17, 15) is 4.79 Å². The molecule has 3 saturated carbocycles. The lowest BCUT2D eigenvalue weighted by molar-refractivity contribution is -0.134. The Balaban J connectivity index is 1.84. The minimum atomic E-state index is -1.97. The number of Topliss-reactive ketones (excluding diaryl/α,β-unsaturated/α-hetero) is 1. The maximum atomic E-state index is 14.5. The maximum absolute atomic E-state index is 14.5. The first kappa shape index (κ1) is 21.6. The van der Waals surface area contributed by atoms with E-state index in [1.165, 1.54) is 17.6 Å². The molecule has 0 aliphatic heterocycles. The Morgan fingerprint density at radius 3 is 2.38 bits per heavy atom. The summed E-state index contributed by atoms with van der Waals surface area (Å²) in [5, 5.41) is 0.155. The van der Waals surface area contributed by atoms with E-state index < -0.39 is 8.32 Å². The molecule has 0 aromatic heterocycles. The summed E-state index contributed by atoms with van der Waals surface area (Å²) in [6, 6.07) is 0. The first-order chi connectivity index (χ1) is 13.1. The molecule has 162 valence electrons. The molecule has 0 heterocycles. The molecule has 7 atom stereocenters. The molecule has 1 spiro atoms. The van der Waals surface area contributed by atoms with Gasteiger partial charge in [0.15, 0.2) is 14.1 Å². The second-order valence-corrected chi connectivity index (χ2v) is 17.7. The number of hydrogen-bond donors (Lipinski definition) is 0. The Hall–Kier alpha value is -0.673. The molecule has 3 fully saturated rings. The van der Waals surface area contributed by atoms with Crippen LogP contribution in [-0.4, -0.2) is 20.2 Å². The van der Waals surface area contributed by atoms with Crippen molar-refractivity contribution in [3.63, 3.8) is 0 Å². The van der Waals surface area contributed by atoms with Crippen LogP contribution < -0.4 is 0 Å². The molecule has 0 N–H and O–H groups in total. The molecule has 0 unspecified atom stereocenters. The van der Waals surface area contributed by atoms with E-state index >= 15 is 0 Å². The minimum absolute atomic E-state index is 0.0390. The number of allylic oxidation sites excluding steroid dienone is 4. The van der Waals surface area contributed by atoms with E-state index in [-0.39, 0.29) is 27.9 Å². The third-order valence-corrected chi connectivity index (χ3v) is 14.2. The van der Waals surface area contributed by atoms with E-state index in [2.05, 4.69) is 80.6 Å². The molecule has 2 nitrogen and oxygen atoms in total. The van der Waals surface area contributed by atoms with Crippen molar-refractivity contribution in [2.75, 3.05) is 0 Å². The third-order valence-electron chi connectivity index (χ3n) is 9.70. The van der Waals surface area contributed by atoms with Crippen molar-refractivity contribution in [3.05, 3.63) is 23.3 Å². The summed E-state index contributed by atoms with van der Waals surface area (Å²) in [5.74, 6) is 2.42. The molecule has 4 rings (SSSR count). The summed E-state index contributed by atoms with van der Waals surface area (Å²) in [5.41, 5.74) is 2.56. The van der Waals surface area contributed by atoms with Crippen molar-refractivity contribution in [2.45, 2.75) is 92.5 Å². The lowest BCUT2D eigenvalue weighted by atomic mass is 9.65. The van der Waals surface area contributed by atoms with Gasteiger partial charge in [-0.25, -0.2) is 0 Å². The van der Waals surface area contributed by atoms with Crippen LogP contribution in [0.4, 0.5) is 0 Å². The molecular weight excluding hydrogens is 372 g/mol. The first-order valence-electron chi connectivity index (χ1n) is 11.8. The highest BCUT2D eigenvalue weighted by Gasteiger charge is 2.70. The molecule has 0 aromatic carbocycles. The normalized spacial score (nSPS) is 43.6. The van der Waals surface area contributed by atoms with Crippen LogP contribution in [0.15, 0.2) is 23.3 Å². The number of ketones is 1. The van der Waals surface area contributed by atoms with Crippen molar-refractivity contribution in [2.24, 2.45) is 40.4 Å². The molecule has 0 aromatic rings. The molecule has 0 amide bonds. The van der Waals surface area contributed by atoms with E-state index in [0.717, 1.165) is 6.42 Å². The fourth-order valence-electron chi connectivity index (χ4n) is 6.88. The van der Waals surface area contributed by atoms with Crippen LogP contribution in [0.3, 0.4) is 0 Å². The molecular formula is C26H42O2Si. The van der Waals surface area contributed by atoms with E-state index in [1.807, 2.05) is 0 Å².